The molecule has 4 rings (SSSR count). The summed E-state index contributed by atoms with van der Waals surface area (Å²) < 4.78 is 1.92. The van der Waals surface area contributed by atoms with Crippen molar-refractivity contribution in [3.63, 3.8) is 0 Å². The van der Waals surface area contributed by atoms with E-state index in [4.69, 9.17) is 11.6 Å². The number of hydrogen-bond acceptors (Lipinski definition) is 2. The number of amides is 1. The largest absolute Gasteiger partial charge is 0.348 e. The number of nitrogens with zero attached hydrogens (tertiary/aromatic N) is 2. The minimum absolute atomic E-state index is 0.0172. The van der Waals surface area contributed by atoms with Crippen molar-refractivity contribution in [3.8, 4) is 0 Å². The van der Waals surface area contributed by atoms with Gasteiger partial charge in [-0.15, -0.1) is 0 Å². The molecule has 1 amide bonds. The fraction of sp³-hybridized carbons (Fsp3) is 0.400. The molecule has 0 aromatic carbocycles. The van der Waals surface area contributed by atoms with Crippen molar-refractivity contribution in [2.24, 2.45) is 5.92 Å². The van der Waals surface area contributed by atoms with Gasteiger partial charge in [-0.2, -0.15) is 0 Å². The van der Waals surface area contributed by atoms with E-state index in [1.54, 1.807) is 0 Å². The summed E-state index contributed by atoms with van der Waals surface area (Å²) in [6, 6.07) is 5.89. The summed E-state index contributed by atoms with van der Waals surface area (Å²) in [5, 5.41) is 3.86. The van der Waals surface area contributed by atoms with Gasteiger partial charge in [-0.05, 0) is 37.1 Å². The van der Waals surface area contributed by atoms with Gasteiger partial charge in [-0.3, -0.25) is 4.79 Å². The van der Waals surface area contributed by atoms with E-state index in [0.29, 0.717) is 22.5 Å². The second-order valence-corrected chi connectivity index (χ2v) is 6.23. The zero-order valence-electron chi connectivity index (χ0n) is 11.1. The van der Waals surface area contributed by atoms with Gasteiger partial charge >= 0.3 is 0 Å². The predicted octanol–water partition coefficient (Wildman–Crippen LogP) is 2.03. The number of fused-ring (bicyclic) bond motifs is 3. The molecule has 2 aliphatic heterocycles. The Labute approximate surface area is 122 Å². The lowest BCUT2D eigenvalue weighted by Gasteiger charge is -2.23. The molecule has 0 radical (unpaired) electrons. The van der Waals surface area contributed by atoms with E-state index in [1.807, 2.05) is 35.0 Å². The fourth-order valence-corrected chi connectivity index (χ4v) is 3.63. The highest BCUT2D eigenvalue weighted by Gasteiger charge is 2.38. The molecule has 4 heterocycles. The van der Waals surface area contributed by atoms with Gasteiger partial charge in [-0.25, -0.2) is 0 Å². The standard InChI is InChI=1S/C15H16ClN3O/c16-12-6-13-5-10(2-4-19(13)8-12)15(20)17-14-9-18-3-1-11(14)7-18/h2,4-6,8,11,14H,1,3,7,9H2,(H,17,20). The molecule has 0 spiro atoms. The van der Waals surface area contributed by atoms with Gasteiger partial charge in [0.2, 0.25) is 0 Å². The van der Waals surface area contributed by atoms with Gasteiger partial charge in [0.1, 0.15) is 0 Å². The average molecular weight is 290 g/mol. The number of piperidine rings is 1. The first kappa shape index (κ1) is 12.2. The van der Waals surface area contributed by atoms with Crippen molar-refractivity contribution in [2.45, 2.75) is 12.5 Å². The van der Waals surface area contributed by atoms with Gasteiger partial charge < -0.3 is 14.6 Å². The van der Waals surface area contributed by atoms with Crippen LogP contribution in [0.25, 0.3) is 5.52 Å². The zero-order valence-corrected chi connectivity index (χ0v) is 11.8. The van der Waals surface area contributed by atoms with E-state index in [0.717, 1.165) is 18.6 Å². The summed E-state index contributed by atoms with van der Waals surface area (Å²) >= 11 is 5.97. The molecule has 2 aromatic rings. The van der Waals surface area contributed by atoms with Crippen LogP contribution < -0.4 is 5.32 Å². The van der Waals surface area contributed by atoms with Gasteiger partial charge in [0.05, 0.1) is 5.02 Å². The van der Waals surface area contributed by atoms with Gasteiger partial charge in [0.25, 0.3) is 5.91 Å². The summed E-state index contributed by atoms with van der Waals surface area (Å²) in [6.07, 6.45) is 4.92. The van der Waals surface area contributed by atoms with Crippen LogP contribution in [0.3, 0.4) is 0 Å². The number of carbonyl (C=O) groups is 1. The fourth-order valence-electron chi connectivity index (χ4n) is 3.41. The molecule has 2 aliphatic rings. The van der Waals surface area contributed by atoms with Crippen molar-refractivity contribution in [3.05, 3.63) is 41.2 Å². The Balaban J connectivity index is 1.54. The van der Waals surface area contributed by atoms with Crippen molar-refractivity contribution in [2.75, 3.05) is 19.6 Å². The van der Waals surface area contributed by atoms with E-state index < -0.39 is 0 Å². The third-order valence-corrected chi connectivity index (χ3v) is 4.68. The Kier molecular flexibility index (Phi) is 2.75. The lowest BCUT2D eigenvalue weighted by molar-refractivity contribution is 0.0924. The lowest BCUT2D eigenvalue weighted by atomic mass is 10.00. The first-order valence-electron chi connectivity index (χ1n) is 6.99. The van der Waals surface area contributed by atoms with Crippen molar-refractivity contribution in [1.29, 1.82) is 0 Å². The highest BCUT2D eigenvalue weighted by molar-refractivity contribution is 6.31. The number of aromatic nitrogens is 1. The van der Waals surface area contributed by atoms with Crippen molar-refractivity contribution in [1.82, 2.24) is 14.6 Å². The Morgan fingerprint density at radius 3 is 3.00 bits per heavy atom. The third-order valence-electron chi connectivity index (χ3n) is 4.48. The number of nitrogens with one attached hydrogen (secondary N) is 1. The molecule has 2 bridgehead atoms. The summed E-state index contributed by atoms with van der Waals surface area (Å²) in [4.78, 5) is 14.8. The molecule has 3 unspecified atom stereocenters. The molecule has 2 aromatic heterocycles. The summed E-state index contributed by atoms with van der Waals surface area (Å²) in [5.74, 6) is 0.647. The average Bonchev–Trinajstić information content (AvgIpc) is 3.10. The number of carbonyl (C=O) groups excluding carboxylic acids is 1. The minimum Gasteiger partial charge on any atom is -0.348 e. The molecule has 104 valence electrons. The third kappa shape index (κ3) is 2.00. The van der Waals surface area contributed by atoms with Crippen LogP contribution in [0.4, 0.5) is 0 Å². The maximum Gasteiger partial charge on any atom is 0.251 e. The van der Waals surface area contributed by atoms with Crippen LogP contribution in [-0.2, 0) is 0 Å². The van der Waals surface area contributed by atoms with Crippen LogP contribution in [0.2, 0.25) is 5.02 Å². The van der Waals surface area contributed by atoms with Crippen LogP contribution >= 0.6 is 11.6 Å². The Bertz CT molecular complexity index is 681. The van der Waals surface area contributed by atoms with E-state index in [1.165, 1.54) is 13.0 Å². The maximum atomic E-state index is 12.4. The number of pyridine rings is 1. The Morgan fingerprint density at radius 1 is 1.35 bits per heavy atom. The lowest BCUT2D eigenvalue weighted by Crippen LogP contribution is -2.43. The molecular formula is C15H16ClN3O. The molecule has 5 heteroatoms. The first-order valence-corrected chi connectivity index (χ1v) is 7.37. The molecule has 2 saturated heterocycles. The summed E-state index contributed by atoms with van der Waals surface area (Å²) in [5.41, 5.74) is 1.64. The van der Waals surface area contributed by atoms with Crippen molar-refractivity contribution >= 4 is 23.0 Å². The molecule has 20 heavy (non-hydrogen) atoms. The first-order chi connectivity index (χ1) is 9.69. The molecular weight excluding hydrogens is 274 g/mol. The smallest absolute Gasteiger partial charge is 0.251 e. The molecule has 0 saturated carbocycles. The topological polar surface area (TPSA) is 36.8 Å². The number of rotatable bonds is 2. The van der Waals surface area contributed by atoms with E-state index in [9.17, 15) is 4.79 Å². The van der Waals surface area contributed by atoms with E-state index in [-0.39, 0.29) is 5.91 Å². The van der Waals surface area contributed by atoms with Crippen LogP contribution in [0.1, 0.15) is 16.8 Å². The number of hydrogen-bond donors (Lipinski definition) is 1. The minimum atomic E-state index is 0.0172. The van der Waals surface area contributed by atoms with Crippen LogP contribution in [0.5, 0.6) is 0 Å². The summed E-state index contributed by atoms with van der Waals surface area (Å²) in [6.45, 7) is 3.32. The SMILES string of the molecule is O=C(NC1CN2CCC1C2)c1ccn2cc(Cl)cc2c1. The van der Waals surface area contributed by atoms with Crippen LogP contribution in [0.15, 0.2) is 30.6 Å². The van der Waals surface area contributed by atoms with Crippen molar-refractivity contribution < 1.29 is 4.79 Å². The molecule has 2 fully saturated rings. The van der Waals surface area contributed by atoms with Crippen LogP contribution in [-0.4, -0.2) is 40.9 Å². The quantitative estimate of drug-likeness (QED) is 0.918. The van der Waals surface area contributed by atoms with Gasteiger partial charge in [-0.1, -0.05) is 11.6 Å². The van der Waals surface area contributed by atoms with Crippen LogP contribution in [0, 0.1) is 5.92 Å². The Morgan fingerprint density at radius 2 is 2.25 bits per heavy atom. The Hall–Kier alpha value is -1.52. The zero-order chi connectivity index (χ0) is 13.7. The summed E-state index contributed by atoms with van der Waals surface area (Å²) in [7, 11) is 0. The van der Waals surface area contributed by atoms with E-state index >= 15 is 0 Å². The molecule has 0 aliphatic carbocycles. The van der Waals surface area contributed by atoms with Gasteiger partial charge in [0.15, 0.2) is 0 Å². The highest BCUT2D eigenvalue weighted by atomic mass is 35.5. The number of halogens is 1. The molecule has 4 nitrogen and oxygen atoms in total. The highest BCUT2D eigenvalue weighted by Crippen LogP contribution is 2.28. The monoisotopic (exact) mass is 289 g/mol. The molecule has 1 N–H and O–H groups in total. The predicted molar refractivity (Wildman–Crippen MR) is 78.2 cm³/mol. The second-order valence-electron chi connectivity index (χ2n) is 5.79. The van der Waals surface area contributed by atoms with Gasteiger partial charge in [0, 0.05) is 42.6 Å². The van der Waals surface area contributed by atoms with E-state index in [2.05, 4.69) is 10.2 Å². The maximum absolute atomic E-state index is 12.4. The second kappa shape index (κ2) is 4.50. The molecule has 3 atom stereocenters. The normalized spacial score (nSPS) is 28.1.